The van der Waals surface area contributed by atoms with Gasteiger partial charge in [0.2, 0.25) is 5.95 Å². The highest BCUT2D eigenvalue weighted by molar-refractivity contribution is 6.90. The molecule has 0 atom stereocenters. The third kappa shape index (κ3) is 6.51. The molecule has 3 rings (SSSR count). The molecule has 2 heterocycles. The molecule has 0 aliphatic carbocycles. The molecule has 1 N–H and O–H groups in total. The molecule has 216 valence electrons. The Bertz CT molecular complexity index is 1430. The molecule has 0 saturated carbocycles. The Hall–Kier alpha value is -3.35. The molecule has 0 amide bonds. The predicted molar refractivity (Wildman–Crippen MR) is 171 cm³/mol. The van der Waals surface area contributed by atoms with Crippen molar-refractivity contribution in [2.45, 2.75) is 58.2 Å². The van der Waals surface area contributed by atoms with Gasteiger partial charge < -0.3 is 19.9 Å². The summed E-state index contributed by atoms with van der Waals surface area (Å²) < 4.78 is 7.23. The molecule has 0 spiro atoms. The van der Waals surface area contributed by atoms with Crippen molar-refractivity contribution >= 4 is 36.4 Å². The lowest BCUT2D eigenvalue weighted by atomic mass is 10.2. The van der Waals surface area contributed by atoms with Crippen LogP contribution in [0.2, 0.25) is 16.6 Å². The summed E-state index contributed by atoms with van der Waals surface area (Å²) in [6.07, 6.45) is 1.76. The van der Waals surface area contributed by atoms with Crippen LogP contribution in [0.5, 0.6) is 5.75 Å². The maximum absolute atomic E-state index is 12.9. The highest BCUT2D eigenvalue weighted by atomic mass is 28.3. The number of nitrogens with zero attached hydrogens (tertiary/aromatic N) is 5. The quantitative estimate of drug-likeness (QED) is 0.253. The average Bonchev–Trinajstić information content (AvgIpc) is 2.89. The van der Waals surface area contributed by atoms with Crippen molar-refractivity contribution in [1.82, 2.24) is 19.4 Å². The van der Waals surface area contributed by atoms with E-state index in [-0.39, 0.29) is 5.56 Å². The maximum Gasteiger partial charge on any atom is 0.253 e. The van der Waals surface area contributed by atoms with Gasteiger partial charge in [0.05, 0.1) is 18.2 Å². The van der Waals surface area contributed by atoms with E-state index in [1.165, 1.54) is 0 Å². The van der Waals surface area contributed by atoms with Crippen molar-refractivity contribution in [3.8, 4) is 17.2 Å². The third-order valence-corrected chi connectivity index (χ3v) is 14.3. The first-order valence-electron chi connectivity index (χ1n) is 14.0. The predicted octanol–water partition coefficient (Wildman–Crippen LogP) is 5.65. The first kappa shape index (κ1) is 31.2. The van der Waals surface area contributed by atoms with Gasteiger partial charge in [0.1, 0.15) is 19.5 Å². The molecule has 8 nitrogen and oxygen atoms in total. The standard InChI is InChI=1S/C31H46N6O2Si/c1-21(2)40(22(3)4,23(5)6)17-14-24-18-29(38)37(10)30-26(24)20-32-31(34-30)33-27-13-12-25(19-28(27)39-11)36(9)16-15-35(7)8/h12-13,18-23H,15-16H2,1-11H3,(H,32,33,34). The Morgan fingerprint density at radius 1 is 1.02 bits per heavy atom. The lowest BCUT2D eigenvalue weighted by molar-refractivity contribution is 0.413. The number of rotatable bonds is 10. The van der Waals surface area contributed by atoms with Gasteiger partial charge in [0, 0.05) is 56.8 Å². The van der Waals surface area contributed by atoms with E-state index in [1.54, 1.807) is 31.0 Å². The van der Waals surface area contributed by atoms with Crippen LogP contribution in [0.25, 0.3) is 11.0 Å². The second kappa shape index (κ2) is 12.9. The number of ether oxygens (including phenoxy) is 1. The minimum Gasteiger partial charge on any atom is -0.494 e. The van der Waals surface area contributed by atoms with Crippen molar-refractivity contribution in [2.24, 2.45) is 7.05 Å². The molecule has 3 aromatic rings. The SMILES string of the molecule is COc1cc(N(C)CCN(C)C)ccc1Nc1ncc2c(C#C[Si](C(C)C)(C(C)C)C(C)C)cc(=O)n(C)c2n1. The van der Waals surface area contributed by atoms with E-state index in [9.17, 15) is 4.79 Å². The van der Waals surface area contributed by atoms with Gasteiger partial charge in [-0.2, -0.15) is 4.98 Å². The Morgan fingerprint density at radius 2 is 1.68 bits per heavy atom. The second-order valence-electron chi connectivity index (χ2n) is 11.8. The van der Waals surface area contributed by atoms with Gasteiger partial charge in [-0.25, -0.2) is 4.98 Å². The molecule has 0 aliphatic rings. The number of aromatic nitrogens is 3. The van der Waals surface area contributed by atoms with E-state index in [2.05, 4.69) is 94.3 Å². The fraction of sp³-hybridized carbons (Fsp3) is 0.516. The number of fused-ring (bicyclic) bond motifs is 1. The van der Waals surface area contributed by atoms with Crippen LogP contribution in [0.15, 0.2) is 35.3 Å². The van der Waals surface area contributed by atoms with Gasteiger partial charge in [-0.05, 0) is 42.9 Å². The Labute approximate surface area is 240 Å². The smallest absolute Gasteiger partial charge is 0.253 e. The number of anilines is 3. The van der Waals surface area contributed by atoms with Crippen molar-refractivity contribution in [3.05, 3.63) is 46.4 Å². The molecule has 0 unspecified atom stereocenters. The summed E-state index contributed by atoms with van der Waals surface area (Å²) in [6.45, 7) is 15.5. The van der Waals surface area contributed by atoms with Crippen LogP contribution in [0, 0.1) is 11.5 Å². The first-order chi connectivity index (χ1) is 18.8. The van der Waals surface area contributed by atoms with Gasteiger partial charge in [-0.1, -0.05) is 47.5 Å². The minimum atomic E-state index is -1.97. The van der Waals surface area contributed by atoms with E-state index in [4.69, 9.17) is 9.72 Å². The van der Waals surface area contributed by atoms with Crippen molar-refractivity contribution < 1.29 is 4.74 Å². The van der Waals surface area contributed by atoms with E-state index in [0.717, 1.165) is 29.9 Å². The van der Waals surface area contributed by atoms with Crippen LogP contribution in [0.4, 0.5) is 17.3 Å². The topological polar surface area (TPSA) is 75.5 Å². The van der Waals surface area contributed by atoms with Crippen LogP contribution in [0.3, 0.4) is 0 Å². The second-order valence-corrected chi connectivity index (χ2v) is 17.3. The number of methoxy groups -OCH3 is 1. The molecule has 0 aliphatic heterocycles. The zero-order valence-corrected chi connectivity index (χ0v) is 27.1. The molecule has 40 heavy (non-hydrogen) atoms. The number of pyridine rings is 1. The summed E-state index contributed by atoms with van der Waals surface area (Å²) in [6, 6.07) is 7.61. The highest BCUT2D eigenvalue weighted by Gasteiger charge is 2.41. The molecule has 0 fully saturated rings. The van der Waals surface area contributed by atoms with E-state index in [0.29, 0.717) is 39.5 Å². The van der Waals surface area contributed by atoms with Crippen LogP contribution in [-0.2, 0) is 7.05 Å². The molecular weight excluding hydrogens is 516 g/mol. The largest absolute Gasteiger partial charge is 0.494 e. The fourth-order valence-electron chi connectivity index (χ4n) is 5.61. The Kier molecular flexibility index (Phi) is 10.0. The number of benzene rings is 1. The van der Waals surface area contributed by atoms with E-state index >= 15 is 0 Å². The summed E-state index contributed by atoms with van der Waals surface area (Å²) in [5.41, 5.74) is 8.11. The Balaban J connectivity index is 2.02. The summed E-state index contributed by atoms with van der Waals surface area (Å²) in [5, 5.41) is 4.05. The monoisotopic (exact) mass is 562 g/mol. The molecular formula is C31H46N6O2Si. The van der Waals surface area contributed by atoms with Gasteiger partial charge >= 0.3 is 0 Å². The molecule has 1 aromatic carbocycles. The van der Waals surface area contributed by atoms with Crippen molar-refractivity contribution in [3.63, 3.8) is 0 Å². The van der Waals surface area contributed by atoms with Crippen LogP contribution >= 0.6 is 0 Å². The number of hydrogen-bond donors (Lipinski definition) is 1. The molecule has 0 bridgehead atoms. The van der Waals surface area contributed by atoms with Crippen LogP contribution < -0.4 is 20.5 Å². The van der Waals surface area contributed by atoms with Crippen LogP contribution in [-0.4, -0.2) is 68.9 Å². The van der Waals surface area contributed by atoms with Gasteiger partial charge in [0.15, 0.2) is 0 Å². The van der Waals surface area contributed by atoms with E-state index in [1.807, 2.05) is 18.2 Å². The van der Waals surface area contributed by atoms with Gasteiger partial charge in [0.25, 0.3) is 5.56 Å². The fourth-order valence-corrected chi connectivity index (χ4v) is 10.8. The molecule has 2 aromatic heterocycles. The molecule has 9 heteroatoms. The average molecular weight is 563 g/mol. The molecule has 0 saturated heterocycles. The number of nitrogens with one attached hydrogen (secondary N) is 1. The van der Waals surface area contributed by atoms with Crippen LogP contribution in [0.1, 0.15) is 47.1 Å². The van der Waals surface area contributed by atoms with Gasteiger partial charge in [-0.3, -0.25) is 9.36 Å². The maximum atomic E-state index is 12.9. The summed E-state index contributed by atoms with van der Waals surface area (Å²) in [4.78, 5) is 26.6. The van der Waals surface area contributed by atoms with Crippen molar-refractivity contribution in [2.75, 3.05) is 51.6 Å². The summed E-state index contributed by atoms with van der Waals surface area (Å²) in [7, 11) is 7.60. The van der Waals surface area contributed by atoms with E-state index < -0.39 is 8.07 Å². The summed E-state index contributed by atoms with van der Waals surface area (Å²) in [5.74, 6) is 4.50. The zero-order valence-electron chi connectivity index (χ0n) is 26.1. The zero-order chi connectivity index (χ0) is 29.8. The van der Waals surface area contributed by atoms with Crippen molar-refractivity contribution in [1.29, 1.82) is 0 Å². The first-order valence-corrected chi connectivity index (χ1v) is 16.3. The summed E-state index contributed by atoms with van der Waals surface area (Å²) >= 11 is 0. The third-order valence-electron chi connectivity index (χ3n) is 8.01. The Morgan fingerprint density at radius 3 is 2.25 bits per heavy atom. The number of aryl methyl sites for hydroxylation is 1. The number of hydrogen-bond acceptors (Lipinski definition) is 7. The normalized spacial score (nSPS) is 11.9. The lowest BCUT2D eigenvalue weighted by Crippen LogP contribution is -2.43. The highest BCUT2D eigenvalue weighted by Crippen LogP contribution is 2.41. The molecule has 0 radical (unpaired) electrons. The van der Waals surface area contributed by atoms with Gasteiger partial charge in [-0.15, -0.1) is 5.54 Å². The minimum absolute atomic E-state index is 0.143. The lowest BCUT2D eigenvalue weighted by Gasteiger charge is -2.38. The number of likely N-dealkylation sites (N-methyl/N-ethyl adjacent to an activating group) is 2.